The van der Waals surface area contributed by atoms with Crippen LogP contribution in [0.15, 0.2) is 53.4 Å². The van der Waals surface area contributed by atoms with E-state index in [1.807, 2.05) is 36.4 Å². The number of carbonyl (C=O) groups is 1. The van der Waals surface area contributed by atoms with E-state index in [-0.39, 0.29) is 12.0 Å². The molecule has 138 valence electrons. The first kappa shape index (κ1) is 19.0. The zero-order valence-corrected chi connectivity index (χ0v) is 16.0. The Bertz CT molecular complexity index is 742. The van der Waals surface area contributed by atoms with E-state index in [1.54, 1.807) is 11.8 Å². The molecule has 0 bridgehead atoms. The molecule has 5 heteroatoms. The predicted molar refractivity (Wildman–Crippen MR) is 108 cm³/mol. The van der Waals surface area contributed by atoms with Crippen LogP contribution in [-0.4, -0.2) is 54.5 Å². The summed E-state index contributed by atoms with van der Waals surface area (Å²) < 4.78 is 0. The molecule has 0 saturated carbocycles. The molecule has 2 aromatic rings. The summed E-state index contributed by atoms with van der Waals surface area (Å²) in [5.74, 6) is -0.0365. The van der Waals surface area contributed by atoms with Crippen LogP contribution in [0.5, 0.6) is 0 Å². The number of hydrogen-bond donors (Lipinski definition) is 2. The number of hydrogen-bond acceptors (Lipinski definition) is 4. The van der Waals surface area contributed by atoms with Crippen molar-refractivity contribution in [1.29, 1.82) is 0 Å². The number of likely N-dealkylation sites (tertiary alicyclic amines) is 1. The maximum atomic E-state index is 12.5. The van der Waals surface area contributed by atoms with Gasteiger partial charge in [0.05, 0.1) is 6.10 Å². The van der Waals surface area contributed by atoms with E-state index >= 15 is 0 Å². The van der Waals surface area contributed by atoms with E-state index in [0.717, 1.165) is 43.6 Å². The van der Waals surface area contributed by atoms with Crippen LogP contribution in [0.25, 0.3) is 11.1 Å². The maximum absolute atomic E-state index is 12.5. The van der Waals surface area contributed by atoms with Crippen LogP contribution in [0.3, 0.4) is 0 Å². The molecule has 1 amide bonds. The number of rotatable bonds is 6. The molecule has 0 unspecified atom stereocenters. The summed E-state index contributed by atoms with van der Waals surface area (Å²) in [5.41, 5.74) is 2.90. The molecular weight excluding hydrogens is 344 g/mol. The molecule has 0 atom stereocenters. The van der Waals surface area contributed by atoms with E-state index in [9.17, 15) is 9.90 Å². The second-order valence-electron chi connectivity index (χ2n) is 6.61. The third kappa shape index (κ3) is 4.87. The van der Waals surface area contributed by atoms with Gasteiger partial charge < -0.3 is 15.3 Å². The molecule has 1 aliphatic rings. The minimum atomic E-state index is -0.159. The third-order valence-corrected chi connectivity index (χ3v) is 5.61. The molecule has 1 saturated heterocycles. The zero-order chi connectivity index (χ0) is 18.4. The van der Waals surface area contributed by atoms with Gasteiger partial charge >= 0.3 is 0 Å². The Morgan fingerprint density at radius 3 is 2.73 bits per heavy atom. The molecule has 2 aromatic carbocycles. The van der Waals surface area contributed by atoms with Crippen molar-refractivity contribution in [3.63, 3.8) is 0 Å². The summed E-state index contributed by atoms with van der Waals surface area (Å²) >= 11 is 1.71. The fourth-order valence-corrected chi connectivity index (χ4v) is 3.90. The minimum Gasteiger partial charge on any atom is -0.393 e. The number of benzene rings is 2. The first-order valence-corrected chi connectivity index (χ1v) is 10.3. The highest BCUT2D eigenvalue weighted by Crippen LogP contribution is 2.30. The van der Waals surface area contributed by atoms with Gasteiger partial charge in [-0.05, 0) is 48.4 Å². The van der Waals surface area contributed by atoms with E-state index < -0.39 is 0 Å². The fourth-order valence-electron chi connectivity index (χ4n) is 3.28. The van der Waals surface area contributed by atoms with Crippen molar-refractivity contribution in [1.82, 2.24) is 10.2 Å². The van der Waals surface area contributed by atoms with Crippen LogP contribution in [0.4, 0.5) is 0 Å². The number of amides is 1. The normalized spacial score (nSPS) is 15.8. The molecule has 4 nitrogen and oxygen atoms in total. The summed E-state index contributed by atoms with van der Waals surface area (Å²) in [4.78, 5) is 16.0. The van der Waals surface area contributed by atoms with Crippen LogP contribution < -0.4 is 5.32 Å². The summed E-state index contributed by atoms with van der Waals surface area (Å²) in [5, 5.41) is 12.6. The largest absolute Gasteiger partial charge is 0.393 e. The molecule has 0 spiro atoms. The van der Waals surface area contributed by atoms with Crippen molar-refractivity contribution in [2.75, 3.05) is 32.4 Å². The maximum Gasteiger partial charge on any atom is 0.251 e. The lowest BCUT2D eigenvalue weighted by Gasteiger charge is -2.29. The molecule has 1 heterocycles. The number of carbonyl (C=O) groups excluding carboxylic acids is 1. The van der Waals surface area contributed by atoms with Crippen molar-refractivity contribution >= 4 is 17.7 Å². The lowest BCUT2D eigenvalue weighted by atomic mass is 10.0. The molecule has 0 aromatic heterocycles. The van der Waals surface area contributed by atoms with Gasteiger partial charge in [0.25, 0.3) is 5.91 Å². The summed E-state index contributed by atoms with van der Waals surface area (Å²) in [7, 11) is 0. The van der Waals surface area contributed by atoms with E-state index in [2.05, 4.69) is 28.6 Å². The van der Waals surface area contributed by atoms with Gasteiger partial charge in [0.2, 0.25) is 0 Å². The van der Waals surface area contributed by atoms with Crippen LogP contribution >= 0.6 is 11.8 Å². The van der Waals surface area contributed by atoms with Crippen molar-refractivity contribution in [2.24, 2.45) is 0 Å². The molecule has 0 aliphatic carbocycles. The highest BCUT2D eigenvalue weighted by Gasteiger charge is 2.16. The summed E-state index contributed by atoms with van der Waals surface area (Å²) in [6, 6.07) is 16.1. The van der Waals surface area contributed by atoms with Crippen molar-refractivity contribution < 1.29 is 9.90 Å². The Kier molecular flexibility index (Phi) is 6.72. The first-order chi connectivity index (χ1) is 12.7. The fraction of sp³-hybridized carbons (Fsp3) is 0.381. The predicted octanol–water partition coefficient (Wildman–Crippen LogP) is 3.26. The molecule has 2 N–H and O–H groups in total. The monoisotopic (exact) mass is 370 g/mol. The van der Waals surface area contributed by atoms with Crippen LogP contribution in [0.1, 0.15) is 23.2 Å². The van der Waals surface area contributed by atoms with E-state index in [4.69, 9.17) is 0 Å². The van der Waals surface area contributed by atoms with Gasteiger partial charge in [0.15, 0.2) is 0 Å². The Morgan fingerprint density at radius 2 is 1.96 bits per heavy atom. The highest BCUT2D eigenvalue weighted by molar-refractivity contribution is 7.98. The Labute approximate surface area is 159 Å². The molecule has 1 aliphatic heterocycles. The van der Waals surface area contributed by atoms with Gasteiger partial charge in [-0.1, -0.05) is 30.3 Å². The van der Waals surface area contributed by atoms with Crippen LogP contribution in [0.2, 0.25) is 0 Å². The SMILES string of the molecule is CSc1ccccc1-c1cccc(C(=O)NCCN2CCC(O)CC2)c1. The average molecular weight is 371 g/mol. The average Bonchev–Trinajstić information content (AvgIpc) is 2.69. The molecular formula is C21H26N2O2S. The molecule has 1 fully saturated rings. The second kappa shape index (κ2) is 9.21. The Hall–Kier alpha value is -1.82. The number of nitrogens with one attached hydrogen (secondary N) is 1. The number of thioether (sulfide) groups is 1. The Balaban J connectivity index is 1.60. The van der Waals surface area contributed by atoms with Crippen LogP contribution in [-0.2, 0) is 0 Å². The minimum absolute atomic E-state index is 0.0365. The number of aliphatic hydroxyl groups excluding tert-OH is 1. The smallest absolute Gasteiger partial charge is 0.251 e. The molecule has 26 heavy (non-hydrogen) atoms. The molecule has 0 radical (unpaired) electrons. The molecule has 3 rings (SSSR count). The van der Waals surface area contributed by atoms with Gasteiger partial charge in [0.1, 0.15) is 0 Å². The standard InChI is InChI=1S/C21H26N2O2S/c1-26-20-8-3-2-7-19(20)16-5-4-6-17(15-16)21(25)22-11-14-23-12-9-18(24)10-13-23/h2-8,15,18,24H,9-14H2,1H3,(H,22,25). The second-order valence-corrected chi connectivity index (χ2v) is 7.46. The Morgan fingerprint density at radius 1 is 1.19 bits per heavy atom. The lowest BCUT2D eigenvalue weighted by molar-refractivity contribution is 0.0804. The van der Waals surface area contributed by atoms with Gasteiger partial charge in [-0.3, -0.25) is 4.79 Å². The number of piperidine rings is 1. The van der Waals surface area contributed by atoms with E-state index in [0.29, 0.717) is 12.1 Å². The van der Waals surface area contributed by atoms with Gasteiger partial charge in [-0.2, -0.15) is 0 Å². The van der Waals surface area contributed by atoms with Crippen molar-refractivity contribution in [3.05, 3.63) is 54.1 Å². The number of nitrogens with zero attached hydrogens (tertiary/aromatic N) is 1. The number of aliphatic hydroxyl groups is 1. The lowest BCUT2D eigenvalue weighted by Crippen LogP contribution is -2.40. The topological polar surface area (TPSA) is 52.6 Å². The highest BCUT2D eigenvalue weighted by atomic mass is 32.2. The quantitative estimate of drug-likeness (QED) is 0.767. The van der Waals surface area contributed by atoms with Crippen molar-refractivity contribution in [3.8, 4) is 11.1 Å². The third-order valence-electron chi connectivity index (χ3n) is 4.81. The zero-order valence-electron chi connectivity index (χ0n) is 15.1. The van der Waals surface area contributed by atoms with E-state index in [1.165, 1.54) is 4.90 Å². The van der Waals surface area contributed by atoms with Crippen molar-refractivity contribution in [2.45, 2.75) is 23.8 Å². The van der Waals surface area contributed by atoms with Gasteiger partial charge in [-0.15, -0.1) is 11.8 Å². The van der Waals surface area contributed by atoms with Gasteiger partial charge in [0, 0.05) is 36.6 Å². The van der Waals surface area contributed by atoms with Crippen LogP contribution in [0, 0.1) is 0 Å². The summed E-state index contributed by atoms with van der Waals surface area (Å²) in [6.45, 7) is 3.25. The first-order valence-electron chi connectivity index (χ1n) is 9.09. The summed E-state index contributed by atoms with van der Waals surface area (Å²) in [6.07, 6.45) is 3.55. The van der Waals surface area contributed by atoms with Gasteiger partial charge in [-0.25, -0.2) is 0 Å².